The molecule has 1 aromatic carbocycles. The first-order chi connectivity index (χ1) is 7.83. The molecule has 1 N–H and O–H groups in total. The van der Waals surface area contributed by atoms with Crippen LogP contribution in [-0.2, 0) is 6.42 Å². The highest BCUT2D eigenvalue weighted by atomic mass is 32.2. The Morgan fingerprint density at radius 3 is 2.81 bits per heavy atom. The van der Waals surface area contributed by atoms with Gasteiger partial charge in [-0.1, -0.05) is 36.4 Å². The maximum atomic E-state index is 3.71. The average molecular weight is 235 g/mol. The number of benzene rings is 1. The topological polar surface area (TPSA) is 12.0 Å². The molecular formula is C14H21NS. The second-order valence-electron chi connectivity index (χ2n) is 3.91. The Balaban J connectivity index is 2.11. The quantitative estimate of drug-likeness (QED) is 0.549. The van der Waals surface area contributed by atoms with Crippen LogP contribution >= 0.6 is 11.8 Å². The Labute approximate surface area is 103 Å². The molecule has 1 atom stereocenters. The molecule has 0 spiro atoms. The maximum Gasteiger partial charge on any atom is 0.0111 e. The molecular weight excluding hydrogens is 214 g/mol. The summed E-state index contributed by atoms with van der Waals surface area (Å²) in [6.45, 7) is 7.03. The Kier molecular flexibility index (Phi) is 7.02. The van der Waals surface area contributed by atoms with Crippen molar-refractivity contribution >= 4 is 11.8 Å². The van der Waals surface area contributed by atoms with Crippen LogP contribution in [0.5, 0.6) is 0 Å². The van der Waals surface area contributed by atoms with Crippen LogP contribution in [0.2, 0.25) is 0 Å². The van der Waals surface area contributed by atoms with Crippen LogP contribution in [0.15, 0.2) is 43.0 Å². The lowest BCUT2D eigenvalue weighted by Gasteiger charge is -2.13. The van der Waals surface area contributed by atoms with E-state index in [1.165, 1.54) is 5.56 Å². The van der Waals surface area contributed by atoms with E-state index in [2.05, 4.69) is 49.2 Å². The van der Waals surface area contributed by atoms with Crippen molar-refractivity contribution in [1.29, 1.82) is 0 Å². The van der Waals surface area contributed by atoms with Crippen LogP contribution in [0, 0.1) is 0 Å². The first-order valence-corrected chi connectivity index (χ1v) is 6.94. The Bertz CT molecular complexity index is 284. The van der Waals surface area contributed by atoms with Gasteiger partial charge in [0.05, 0.1) is 0 Å². The minimum Gasteiger partial charge on any atom is -0.313 e. The lowest BCUT2D eigenvalue weighted by Crippen LogP contribution is -2.30. The molecule has 0 bridgehead atoms. The van der Waals surface area contributed by atoms with Crippen LogP contribution in [0.4, 0.5) is 0 Å². The molecule has 0 aliphatic carbocycles. The molecule has 0 saturated heterocycles. The SMILES string of the molecule is C=CCSCCNC(C)Cc1ccccc1. The summed E-state index contributed by atoms with van der Waals surface area (Å²) in [6.07, 6.45) is 3.06. The number of hydrogen-bond donors (Lipinski definition) is 1. The van der Waals surface area contributed by atoms with E-state index in [1.54, 1.807) is 0 Å². The highest BCUT2D eigenvalue weighted by Crippen LogP contribution is 2.03. The van der Waals surface area contributed by atoms with Crippen molar-refractivity contribution in [1.82, 2.24) is 5.32 Å². The summed E-state index contributed by atoms with van der Waals surface area (Å²) in [4.78, 5) is 0. The van der Waals surface area contributed by atoms with Crippen molar-refractivity contribution in [3.63, 3.8) is 0 Å². The zero-order valence-electron chi connectivity index (χ0n) is 9.99. The molecule has 1 nitrogen and oxygen atoms in total. The molecule has 1 unspecified atom stereocenters. The zero-order valence-corrected chi connectivity index (χ0v) is 10.8. The summed E-state index contributed by atoms with van der Waals surface area (Å²) in [6, 6.07) is 11.2. The van der Waals surface area contributed by atoms with Gasteiger partial charge in [0.15, 0.2) is 0 Å². The molecule has 0 fully saturated rings. The van der Waals surface area contributed by atoms with Gasteiger partial charge in [-0.25, -0.2) is 0 Å². The van der Waals surface area contributed by atoms with Crippen molar-refractivity contribution < 1.29 is 0 Å². The molecule has 2 heteroatoms. The molecule has 0 aromatic heterocycles. The monoisotopic (exact) mass is 235 g/mol. The molecule has 1 aromatic rings. The van der Waals surface area contributed by atoms with E-state index >= 15 is 0 Å². The first kappa shape index (κ1) is 13.3. The molecule has 0 aliphatic heterocycles. The smallest absolute Gasteiger partial charge is 0.0111 e. The summed E-state index contributed by atoms with van der Waals surface area (Å²) >= 11 is 1.92. The van der Waals surface area contributed by atoms with Crippen molar-refractivity contribution in [2.75, 3.05) is 18.1 Å². The van der Waals surface area contributed by atoms with Crippen LogP contribution in [-0.4, -0.2) is 24.1 Å². The van der Waals surface area contributed by atoms with Gasteiger partial charge in [-0.3, -0.25) is 0 Å². The molecule has 16 heavy (non-hydrogen) atoms. The normalized spacial score (nSPS) is 12.3. The van der Waals surface area contributed by atoms with Gasteiger partial charge in [0.25, 0.3) is 0 Å². The standard InChI is InChI=1S/C14H21NS/c1-3-10-16-11-9-15-13(2)12-14-7-5-4-6-8-14/h3-8,13,15H,1,9-12H2,2H3. The Morgan fingerprint density at radius 1 is 1.38 bits per heavy atom. The van der Waals surface area contributed by atoms with E-state index in [-0.39, 0.29) is 0 Å². The number of rotatable bonds is 8. The number of nitrogens with one attached hydrogen (secondary N) is 1. The predicted molar refractivity (Wildman–Crippen MR) is 75.1 cm³/mol. The minimum absolute atomic E-state index is 0.548. The lowest BCUT2D eigenvalue weighted by atomic mass is 10.1. The summed E-state index contributed by atoms with van der Waals surface area (Å²) in [5.41, 5.74) is 1.40. The van der Waals surface area contributed by atoms with Crippen LogP contribution in [0.25, 0.3) is 0 Å². The van der Waals surface area contributed by atoms with Crippen molar-refractivity contribution in [2.45, 2.75) is 19.4 Å². The summed E-state index contributed by atoms with van der Waals surface area (Å²) in [5, 5.41) is 3.53. The highest BCUT2D eigenvalue weighted by Gasteiger charge is 2.01. The van der Waals surface area contributed by atoms with E-state index in [9.17, 15) is 0 Å². The molecule has 0 amide bonds. The van der Waals surface area contributed by atoms with Crippen molar-refractivity contribution in [3.05, 3.63) is 48.6 Å². The van der Waals surface area contributed by atoms with E-state index in [0.717, 1.165) is 24.5 Å². The number of hydrogen-bond acceptors (Lipinski definition) is 2. The van der Waals surface area contributed by atoms with E-state index in [4.69, 9.17) is 0 Å². The summed E-state index contributed by atoms with van der Waals surface area (Å²) in [5.74, 6) is 2.21. The molecule has 88 valence electrons. The average Bonchev–Trinajstić information content (AvgIpc) is 2.30. The lowest BCUT2D eigenvalue weighted by molar-refractivity contribution is 0.568. The highest BCUT2D eigenvalue weighted by molar-refractivity contribution is 7.99. The molecule has 0 heterocycles. The van der Waals surface area contributed by atoms with Gasteiger partial charge in [0, 0.05) is 24.1 Å². The number of thioether (sulfide) groups is 1. The van der Waals surface area contributed by atoms with Gasteiger partial charge >= 0.3 is 0 Å². The van der Waals surface area contributed by atoms with Gasteiger partial charge < -0.3 is 5.32 Å². The van der Waals surface area contributed by atoms with E-state index in [1.807, 2.05) is 17.8 Å². The fourth-order valence-corrected chi connectivity index (χ4v) is 2.18. The van der Waals surface area contributed by atoms with Crippen LogP contribution in [0.3, 0.4) is 0 Å². The van der Waals surface area contributed by atoms with Crippen LogP contribution < -0.4 is 5.32 Å². The minimum atomic E-state index is 0.548. The van der Waals surface area contributed by atoms with Gasteiger partial charge in [-0.15, -0.1) is 6.58 Å². The summed E-state index contributed by atoms with van der Waals surface area (Å²) < 4.78 is 0. The molecule has 0 saturated carbocycles. The Hall–Kier alpha value is -0.730. The molecule has 0 radical (unpaired) electrons. The van der Waals surface area contributed by atoms with Gasteiger partial charge in [-0.2, -0.15) is 11.8 Å². The molecule has 0 aliphatic rings. The third-order valence-corrected chi connectivity index (χ3v) is 3.32. The Morgan fingerprint density at radius 2 is 2.12 bits per heavy atom. The predicted octanol–water partition coefficient (Wildman–Crippen LogP) is 3.13. The van der Waals surface area contributed by atoms with Gasteiger partial charge in [-0.05, 0) is 18.9 Å². The van der Waals surface area contributed by atoms with Gasteiger partial charge in [0.1, 0.15) is 0 Å². The third-order valence-electron chi connectivity index (χ3n) is 2.36. The molecule has 1 rings (SSSR count). The van der Waals surface area contributed by atoms with Crippen molar-refractivity contribution in [3.8, 4) is 0 Å². The van der Waals surface area contributed by atoms with Crippen molar-refractivity contribution in [2.24, 2.45) is 0 Å². The van der Waals surface area contributed by atoms with Gasteiger partial charge in [0.2, 0.25) is 0 Å². The maximum absolute atomic E-state index is 3.71. The van der Waals surface area contributed by atoms with E-state index in [0.29, 0.717) is 6.04 Å². The third kappa shape index (κ3) is 5.99. The summed E-state index contributed by atoms with van der Waals surface area (Å²) in [7, 11) is 0. The second-order valence-corrected chi connectivity index (χ2v) is 5.06. The zero-order chi connectivity index (χ0) is 11.6. The largest absolute Gasteiger partial charge is 0.313 e. The fourth-order valence-electron chi connectivity index (χ4n) is 1.58. The van der Waals surface area contributed by atoms with Crippen LogP contribution in [0.1, 0.15) is 12.5 Å². The van der Waals surface area contributed by atoms with E-state index < -0.39 is 0 Å². The fraction of sp³-hybridized carbons (Fsp3) is 0.429. The first-order valence-electron chi connectivity index (χ1n) is 5.79. The second kappa shape index (κ2) is 8.43.